The molecule has 1 saturated heterocycles. The third-order valence-corrected chi connectivity index (χ3v) is 4.22. The van der Waals surface area contributed by atoms with Crippen LogP contribution in [-0.2, 0) is 9.53 Å². The maximum absolute atomic E-state index is 12.7. The lowest BCUT2D eigenvalue weighted by Crippen LogP contribution is -2.52. The minimum Gasteiger partial charge on any atom is -0.453 e. The lowest BCUT2D eigenvalue weighted by Gasteiger charge is -2.29. The van der Waals surface area contributed by atoms with Crippen molar-refractivity contribution in [2.75, 3.05) is 13.7 Å². The van der Waals surface area contributed by atoms with Gasteiger partial charge in [0.15, 0.2) is 0 Å². The highest BCUT2D eigenvalue weighted by atomic mass is 16.5. The summed E-state index contributed by atoms with van der Waals surface area (Å²) in [5.41, 5.74) is 0. The number of likely N-dealkylation sites (tertiary alicyclic amines) is 1. The number of hydrogen-bond acceptors (Lipinski definition) is 3. The smallest absolute Gasteiger partial charge is 0.407 e. The molecule has 5 nitrogen and oxygen atoms in total. The van der Waals surface area contributed by atoms with Crippen LogP contribution >= 0.6 is 0 Å². The van der Waals surface area contributed by atoms with Gasteiger partial charge in [-0.2, -0.15) is 0 Å². The van der Waals surface area contributed by atoms with E-state index in [4.69, 9.17) is 0 Å². The van der Waals surface area contributed by atoms with Crippen LogP contribution in [0.3, 0.4) is 0 Å². The molecular weight excluding hydrogens is 256 g/mol. The second-order valence-electron chi connectivity index (χ2n) is 6.44. The zero-order valence-corrected chi connectivity index (χ0v) is 13.5. The van der Waals surface area contributed by atoms with Crippen LogP contribution in [0.2, 0.25) is 0 Å². The van der Waals surface area contributed by atoms with E-state index in [1.54, 1.807) is 0 Å². The molecule has 1 aliphatic heterocycles. The number of carbonyl (C=O) groups excluding carboxylic acids is 2. The van der Waals surface area contributed by atoms with E-state index in [1.807, 2.05) is 18.7 Å². The number of nitrogens with one attached hydrogen (secondary N) is 1. The minimum atomic E-state index is -0.552. The van der Waals surface area contributed by atoms with Gasteiger partial charge in [-0.15, -0.1) is 0 Å². The van der Waals surface area contributed by atoms with E-state index in [9.17, 15) is 9.59 Å². The number of alkyl carbamates (subject to hydrolysis) is 1. The second-order valence-corrected chi connectivity index (χ2v) is 6.44. The van der Waals surface area contributed by atoms with Crippen LogP contribution in [0.4, 0.5) is 4.79 Å². The molecule has 116 valence electrons. The number of amides is 2. The molecule has 20 heavy (non-hydrogen) atoms. The van der Waals surface area contributed by atoms with Crippen LogP contribution in [0.15, 0.2) is 0 Å². The first-order valence-electron chi connectivity index (χ1n) is 7.42. The SMILES string of the molecule is COC(=O)N[C@H](C(=O)N1C[C@@H](C(C)C)C[C@H]1C)C(C)C. The number of hydrogen-bond donors (Lipinski definition) is 1. The molecule has 1 fully saturated rings. The summed E-state index contributed by atoms with van der Waals surface area (Å²) in [6.45, 7) is 11.1. The number of rotatable bonds is 4. The molecule has 0 saturated carbocycles. The highest BCUT2D eigenvalue weighted by molar-refractivity contribution is 5.86. The first-order chi connectivity index (χ1) is 9.27. The van der Waals surface area contributed by atoms with Gasteiger partial charge < -0.3 is 15.0 Å². The van der Waals surface area contributed by atoms with Crippen LogP contribution in [0.5, 0.6) is 0 Å². The molecule has 1 N–H and O–H groups in total. The van der Waals surface area contributed by atoms with Crippen molar-refractivity contribution in [3.63, 3.8) is 0 Å². The summed E-state index contributed by atoms with van der Waals surface area (Å²) in [6, 6.07) is -0.286. The monoisotopic (exact) mass is 284 g/mol. The molecule has 2 amide bonds. The van der Waals surface area contributed by atoms with Crippen LogP contribution in [-0.4, -0.2) is 42.6 Å². The number of carbonyl (C=O) groups is 2. The van der Waals surface area contributed by atoms with E-state index >= 15 is 0 Å². The van der Waals surface area contributed by atoms with Crippen LogP contribution in [0, 0.1) is 17.8 Å². The molecule has 0 aromatic heterocycles. The maximum Gasteiger partial charge on any atom is 0.407 e. The summed E-state index contributed by atoms with van der Waals surface area (Å²) in [7, 11) is 1.31. The first kappa shape index (κ1) is 16.8. The Morgan fingerprint density at radius 3 is 2.25 bits per heavy atom. The van der Waals surface area contributed by atoms with Crippen molar-refractivity contribution in [2.45, 2.75) is 53.1 Å². The Morgan fingerprint density at radius 2 is 1.85 bits per heavy atom. The molecule has 0 aromatic carbocycles. The first-order valence-corrected chi connectivity index (χ1v) is 7.42. The molecule has 0 unspecified atom stereocenters. The minimum absolute atomic E-state index is 0.000972. The predicted molar refractivity (Wildman–Crippen MR) is 78.3 cm³/mol. The fourth-order valence-electron chi connectivity index (χ4n) is 2.74. The Labute approximate surface area is 122 Å². The quantitative estimate of drug-likeness (QED) is 0.861. The van der Waals surface area contributed by atoms with Gasteiger partial charge >= 0.3 is 6.09 Å². The predicted octanol–water partition coefficient (Wildman–Crippen LogP) is 2.26. The molecule has 0 spiro atoms. The van der Waals surface area contributed by atoms with Gasteiger partial charge in [0.1, 0.15) is 6.04 Å². The number of nitrogens with zero attached hydrogens (tertiary/aromatic N) is 1. The Kier molecular flexibility index (Phi) is 5.84. The summed E-state index contributed by atoms with van der Waals surface area (Å²) >= 11 is 0. The van der Waals surface area contributed by atoms with Gasteiger partial charge in [-0.3, -0.25) is 4.79 Å². The van der Waals surface area contributed by atoms with Crippen molar-refractivity contribution < 1.29 is 14.3 Å². The largest absolute Gasteiger partial charge is 0.453 e. The lowest BCUT2D eigenvalue weighted by molar-refractivity contribution is -0.135. The maximum atomic E-state index is 12.7. The van der Waals surface area contributed by atoms with E-state index < -0.39 is 12.1 Å². The molecular formula is C15H28N2O3. The number of methoxy groups -OCH3 is 1. The van der Waals surface area contributed by atoms with Crippen molar-refractivity contribution in [1.82, 2.24) is 10.2 Å². The summed E-state index contributed by atoms with van der Waals surface area (Å²) < 4.78 is 4.61. The zero-order valence-electron chi connectivity index (χ0n) is 13.5. The van der Waals surface area contributed by atoms with Crippen molar-refractivity contribution in [1.29, 1.82) is 0 Å². The third kappa shape index (κ3) is 3.87. The van der Waals surface area contributed by atoms with Crippen molar-refractivity contribution in [3.05, 3.63) is 0 Å². The Morgan fingerprint density at radius 1 is 1.25 bits per heavy atom. The van der Waals surface area contributed by atoms with E-state index in [1.165, 1.54) is 7.11 Å². The Bertz CT molecular complexity index is 355. The van der Waals surface area contributed by atoms with E-state index in [2.05, 4.69) is 30.8 Å². The fraction of sp³-hybridized carbons (Fsp3) is 0.867. The highest BCUT2D eigenvalue weighted by Crippen LogP contribution is 2.29. The average molecular weight is 284 g/mol. The van der Waals surface area contributed by atoms with Gasteiger partial charge in [0.05, 0.1) is 7.11 Å². The van der Waals surface area contributed by atoms with Gasteiger partial charge in [-0.05, 0) is 31.1 Å². The third-order valence-electron chi connectivity index (χ3n) is 4.22. The summed E-state index contributed by atoms with van der Waals surface area (Å²) in [5.74, 6) is 1.15. The normalized spacial score (nSPS) is 24.1. The standard InChI is InChI=1S/C15H28N2O3/c1-9(2)12-7-11(5)17(8-12)14(18)13(10(3)4)16-15(19)20-6/h9-13H,7-8H2,1-6H3,(H,16,19)/t11-,12+,13+/m1/s1. The zero-order chi connectivity index (χ0) is 15.4. The molecule has 1 rings (SSSR count). The molecule has 1 aliphatic rings. The molecule has 0 aliphatic carbocycles. The van der Waals surface area contributed by atoms with E-state index in [0.717, 1.165) is 13.0 Å². The van der Waals surface area contributed by atoms with Crippen LogP contribution in [0.1, 0.15) is 41.0 Å². The van der Waals surface area contributed by atoms with Gasteiger partial charge in [-0.1, -0.05) is 27.7 Å². The average Bonchev–Trinajstić information content (AvgIpc) is 2.76. The van der Waals surface area contributed by atoms with E-state index in [-0.39, 0.29) is 17.9 Å². The Hall–Kier alpha value is -1.26. The molecule has 5 heteroatoms. The lowest BCUT2D eigenvalue weighted by atomic mass is 9.94. The molecule has 3 atom stereocenters. The van der Waals surface area contributed by atoms with Gasteiger partial charge in [-0.25, -0.2) is 4.79 Å². The summed E-state index contributed by atoms with van der Waals surface area (Å²) in [4.78, 5) is 26.0. The molecule has 0 aromatic rings. The van der Waals surface area contributed by atoms with Crippen molar-refractivity contribution >= 4 is 12.0 Å². The highest BCUT2D eigenvalue weighted by Gasteiger charge is 2.38. The Balaban J connectivity index is 2.77. The van der Waals surface area contributed by atoms with Crippen LogP contribution < -0.4 is 5.32 Å². The van der Waals surface area contributed by atoms with Crippen LogP contribution in [0.25, 0.3) is 0 Å². The summed E-state index contributed by atoms with van der Waals surface area (Å²) in [6.07, 6.45) is 0.483. The molecule has 0 radical (unpaired) electrons. The topological polar surface area (TPSA) is 58.6 Å². The van der Waals surface area contributed by atoms with Gasteiger partial charge in [0, 0.05) is 12.6 Å². The molecule has 0 bridgehead atoms. The van der Waals surface area contributed by atoms with E-state index in [0.29, 0.717) is 11.8 Å². The fourth-order valence-corrected chi connectivity index (χ4v) is 2.74. The van der Waals surface area contributed by atoms with Gasteiger partial charge in [0.25, 0.3) is 0 Å². The van der Waals surface area contributed by atoms with Crippen molar-refractivity contribution in [2.24, 2.45) is 17.8 Å². The number of ether oxygens (including phenoxy) is 1. The van der Waals surface area contributed by atoms with Gasteiger partial charge in [0.2, 0.25) is 5.91 Å². The van der Waals surface area contributed by atoms with Crippen molar-refractivity contribution in [3.8, 4) is 0 Å². The molecule has 1 heterocycles. The second kappa shape index (κ2) is 6.95. The summed E-state index contributed by atoms with van der Waals surface area (Å²) in [5, 5.41) is 2.66.